The van der Waals surface area contributed by atoms with Gasteiger partial charge in [-0.3, -0.25) is 4.99 Å². The number of rotatable bonds is 5. The van der Waals surface area contributed by atoms with Crippen LogP contribution >= 0.6 is 35.3 Å². The van der Waals surface area contributed by atoms with Crippen LogP contribution in [-0.2, 0) is 19.5 Å². The fourth-order valence-corrected chi connectivity index (χ4v) is 2.53. The van der Waals surface area contributed by atoms with E-state index in [2.05, 4.69) is 32.8 Å². The molecule has 2 aromatic rings. The number of thiazole rings is 1. The lowest BCUT2D eigenvalue weighted by Crippen LogP contribution is -2.38. The number of guanidine groups is 1. The lowest BCUT2D eigenvalue weighted by atomic mass is 10.4. The number of aliphatic imine (C=N–C) groups is 1. The highest BCUT2D eigenvalue weighted by atomic mass is 127. The summed E-state index contributed by atoms with van der Waals surface area (Å²) in [6, 6.07) is 1.84. The summed E-state index contributed by atoms with van der Waals surface area (Å²) in [5.41, 5.74) is 1.92. The number of hydrogen-bond donors (Lipinski definition) is 1. The Balaban J connectivity index is 0.00000220. The van der Waals surface area contributed by atoms with Gasteiger partial charge in [0.2, 0.25) is 0 Å². The topological polar surface area (TPSA) is 66.6 Å². The third kappa shape index (κ3) is 5.27. The van der Waals surface area contributed by atoms with E-state index < -0.39 is 0 Å². The van der Waals surface area contributed by atoms with Crippen molar-refractivity contribution in [3.63, 3.8) is 0 Å². The van der Waals surface area contributed by atoms with Crippen LogP contribution in [0.2, 0.25) is 0 Å². The van der Waals surface area contributed by atoms with Gasteiger partial charge in [0.1, 0.15) is 12.0 Å². The van der Waals surface area contributed by atoms with Crippen molar-refractivity contribution in [2.45, 2.75) is 26.4 Å². The van der Waals surface area contributed by atoms with Crippen molar-refractivity contribution in [1.82, 2.24) is 20.4 Å². The van der Waals surface area contributed by atoms with Crippen molar-refractivity contribution in [2.24, 2.45) is 4.99 Å². The largest absolute Gasteiger partial charge is 0.364 e. The number of hydrogen-bond acceptors (Lipinski definition) is 5. The van der Waals surface area contributed by atoms with Crippen LogP contribution in [-0.4, -0.2) is 35.1 Å². The third-order valence-corrected chi connectivity index (χ3v) is 3.84. The van der Waals surface area contributed by atoms with Crippen molar-refractivity contribution in [2.75, 3.05) is 14.1 Å². The van der Waals surface area contributed by atoms with Gasteiger partial charge in [0, 0.05) is 25.5 Å². The van der Waals surface area contributed by atoms with Gasteiger partial charge in [0.05, 0.1) is 23.8 Å². The predicted molar refractivity (Wildman–Crippen MR) is 95.1 cm³/mol. The van der Waals surface area contributed by atoms with Crippen LogP contribution in [0.5, 0.6) is 0 Å². The van der Waals surface area contributed by atoms with Crippen molar-refractivity contribution in [3.05, 3.63) is 34.1 Å². The molecule has 0 amide bonds. The molecule has 0 saturated heterocycles. The molecule has 8 heteroatoms. The van der Waals surface area contributed by atoms with Gasteiger partial charge in [-0.05, 0) is 6.42 Å². The first-order valence-electron chi connectivity index (χ1n) is 6.47. The molecule has 0 aliphatic heterocycles. The molecule has 0 radical (unpaired) electrons. The molecule has 0 aliphatic carbocycles. The molecule has 6 nitrogen and oxygen atoms in total. The maximum absolute atomic E-state index is 4.83. The summed E-state index contributed by atoms with van der Waals surface area (Å²) in [6.07, 6.45) is 2.55. The van der Waals surface area contributed by atoms with E-state index in [1.165, 1.54) is 0 Å². The zero-order valence-corrected chi connectivity index (χ0v) is 15.5. The van der Waals surface area contributed by atoms with Gasteiger partial charge in [0.25, 0.3) is 0 Å². The standard InChI is InChI=1S/C13H19N5OS.HI/c1-4-12-16-11(9-20-12)7-15-13(14-2)18(3)8-10-5-6-19-17-10;/h5-6,9H,4,7-8H2,1-3H3,(H,14,15);1H. The highest BCUT2D eigenvalue weighted by Crippen LogP contribution is 2.10. The van der Waals surface area contributed by atoms with Crippen LogP contribution in [0.25, 0.3) is 0 Å². The summed E-state index contributed by atoms with van der Waals surface area (Å²) < 4.78 is 4.83. The number of halogens is 1. The summed E-state index contributed by atoms with van der Waals surface area (Å²) in [5.74, 6) is 0.805. The number of nitrogens with zero attached hydrogens (tertiary/aromatic N) is 4. The smallest absolute Gasteiger partial charge is 0.194 e. The van der Waals surface area contributed by atoms with Crippen LogP contribution in [0, 0.1) is 0 Å². The van der Waals surface area contributed by atoms with E-state index in [-0.39, 0.29) is 24.0 Å². The Morgan fingerprint density at radius 3 is 2.86 bits per heavy atom. The molecule has 1 N–H and O–H groups in total. The summed E-state index contributed by atoms with van der Waals surface area (Å²) >= 11 is 1.69. The van der Waals surface area contributed by atoms with Crippen LogP contribution < -0.4 is 5.32 Å². The van der Waals surface area contributed by atoms with Crippen molar-refractivity contribution in [1.29, 1.82) is 0 Å². The monoisotopic (exact) mass is 421 g/mol. The van der Waals surface area contributed by atoms with Gasteiger partial charge in [-0.2, -0.15) is 0 Å². The van der Waals surface area contributed by atoms with Crippen LogP contribution in [0.15, 0.2) is 27.2 Å². The first-order chi connectivity index (χ1) is 9.72. The van der Waals surface area contributed by atoms with Gasteiger partial charge < -0.3 is 14.7 Å². The van der Waals surface area contributed by atoms with Crippen LogP contribution in [0.3, 0.4) is 0 Å². The molecule has 0 atom stereocenters. The summed E-state index contributed by atoms with van der Waals surface area (Å²) in [4.78, 5) is 10.8. The summed E-state index contributed by atoms with van der Waals surface area (Å²) in [7, 11) is 3.72. The van der Waals surface area contributed by atoms with E-state index in [0.717, 1.165) is 28.8 Å². The van der Waals surface area contributed by atoms with E-state index in [1.807, 2.05) is 18.0 Å². The quantitative estimate of drug-likeness (QED) is 0.457. The highest BCUT2D eigenvalue weighted by molar-refractivity contribution is 14.0. The van der Waals surface area contributed by atoms with Gasteiger partial charge in [-0.15, -0.1) is 35.3 Å². The number of nitrogens with one attached hydrogen (secondary N) is 1. The molecule has 21 heavy (non-hydrogen) atoms. The van der Waals surface area contributed by atoms with E-state index >= 15 is 0 Å². The maximum atomic E-state index is 4.83. The van der Waals surface area contributed by atoms with Gasteiger partial charge >= 0.3 is 0 Å². The molecule has 2 aromatic heterocycles. The first kappa shape index (κ1) is 17.9. The summed E-state index contributed by atoms with van der Waals surface area (Å²) in [5, 5.41) is 10.4. The molecule has 0 fully saturated rings. The Morgan fingerprint density at radius 1 is 1.48 bits per heavy atom. The molecule has 0 aromatic carbocycles. The Hall–Kier alpha value is -1.16. The minimum atomic E-state index is 0. The van der Waals surface area contributed by atoms with Crippen molar-refractivity contribution >= 4 is 41.3 Å². The Labute approximate surface area is 145 Å². The van der Waals surface area contributed by atoms with Gasteiger partial charge in [0.15, 0.2) is 5.96 Å². The molecule has 0 aliphatic rings. The second-order valence-corrected chi connectivity index (χ2v) is 5.28. The van der Waals surface area contributed by atoms with Gasteiger partial charge in [-0.25, -0.2) is 4.98 Å². The van der Waals surface area contributed by atoms with E-state index in [1.54, 1.807) is 24.6 Å². The van der Waals surface area contributed by atoms with E-state index in [0.29, 0.717) is 13.1 Å². The molecule has 0 saturated carbocycles. The molecular formula is C13H20IN5OS. The molecule has 0 unspecified atom stereocenters. The molecule has 2 rings (SSSR count). The van der Waals surface area contributed by atoms with E-state index in [4.69, 9.17) is 4.52 Å². The normalized spacial score (nSPS) is 11.1. The Morgan fingerprint density at radius 2 is 2.29 bits per heavy atom. The molecular weight excluding hydrogens is 401 g/mol. The lowest BCUT2D eigenvalue weighted by molar-refractivity contribution is 0.391. The second kappa shape index (κ2) is 8.98. The third-order valence-electron chi connectivity index (χ3n) is 2.79. The second-order valence-electron chi connectivity index (χ2n) is 4.33. The molecule has 2 heterocycles. The number of aromatic nitrogens is 2. The maximum Gasteiger partial charge on any atom is 0.194 e. The SMILES string of the molecule is CCc1nc(CNC(=NC)N(C)Cc2ccon2)cs1.I. The van der Waals surface area contributed by atoms with Crippen LogP contribution in [0.4, 0.5) is 0 Å². The average molecular weight is 421 g/mol. The lowest BCUT2D eigenvalue weighted by Gasteiger charge is -2.20. The highest BCUT2D eigenvalue weighted by Gasteiger charge is 2.09. The van der Waals surface area contributed by atoms with Gasteiger partial charge in [-0.1, -0.05) is 12.1 Å². The minimum Gasteiger partial charge on any atom is -0.364 e. The zero-order valence-electron chi connectivity index (χ0n) is 12.4. The average Bonchev–Trinajstić information content (AvgIpc) is 3.10. The van der Waals surface area contributed by atoms with Crippen molar-refractivity contribution < 1.29 is 4.52 Å². The van der Waals surface area contributed by atoms with Crippen molar-refractivity contribution in [3.8, 4) is 0 Å². The van der Waals surface area contributed by atoms with E-state index in [9.17, 15) is 0 Å². The molecule has 0 bridgehead atoms. The van der Waals surface area contributed by atoms with Crippen LogP contribution in [0.1, 0.15) is 23.3 Å². The Bertz CT molecular complexity index is 555. The summed E-state index contributed by atoms with van der Waals surface area (Å²) in [6.45, 7) is 3.43. The Kier molecular flexibility index (Phi) is 7.65. The number of aryl methyl sites for hydroxylation is 1. The minimum absolute atomic E-state index is 0. The molecule has 0 spiro atoms. The first-order valence-corrected chi connectivity index (χ1v) is 7.35. The predicted octanol–water partition coefficient (Wildman–Crippen LogP) is 2.52. The fraction of sp³-hybridized carbons (Fsp3) is 0.462. The fourth-order valence-electron chi connectivity index (χ4n) is 1.78. The molecule has 116 valence electrons. The zero-order chi connectivity index (χ0) is 14.4.